The smallest absolute Gasteiger partial charge is 0.318 e. The van der Waals surface area contributed by atoms with Crippen LogP contribution in [0.4, 0.5) is 4.79 Å². The van der Waals surface area contributed by atoms with Crippen molar-refractivity contribution in [3.05, 3.63) is 23.8 Å². The summed E-state index contributed by atoms with van der Waals surface area (Å²) in [6, 6.07) is 5.46. The van der Waals surface area contributed by atoms with Crippen molar-refractivity contribution in [2.45, 2.75) is 38.1 Å². The SMILES string of the molecule is COc1ccc(CC[C@@H]2CCCCN2CC(=O)NC(N)=O)cc1OC. The number of likely N-dealkylation sites (tertiary alicyclic amines) is 1. The molecule has 3 N–H and O–H groups in total. The van der Waals surface area contributed by atoms with E-state index in [2.05, 4.69) is 10.2 Å². The van der Waals surface area contributed by atoms with Gasteiger partial charge in [-0.2, -0.15) is 0 Å². The second-order valence-corrected chi connectivity index (χ2v) is 6.26. The summed E-state index contributed by atoms with van der Waals surface area (Å²) >= 11 is 0. The van der Waals surface area contributed by atoms with Crippen LogP contribution in [-0.4, -0.2) is 50.2 Å². The average Bonchev–Trinajstić information content (AvgIpc) is 2.60. The molecule has 25 heavy (non-hydrogen) atoms. The number of nitrogens with two attached hydrogens (primary N) is 1. The third kappa shape index (κ3) is 5.63. The number of benzene rings is 1. The number of ether oxygens (including phenoxy) is 2. The highest BCUT2D eigenvalue weighted by molar-refractivity contribution is 5.94. The van der Waals surface area contributed by atoms with Crippen molar-refractivity contribution in [1.29, 1.82) is 0 Å². The van der Waals surface area contributed by atoms with Gasteiger partial charge in [-0.25, -0.2) is 4.79 Å². The predicted octanol–water partition coefficient (Wildman–Crippen LogP) is 1.69. The summed E-state index contributed by atoms with van der Waals surface area (Å²) < 4.78 is 10.6. The molecule has 1 aromatic carbocycles. The summed E-state index contributed by atoms with van der Waals surface area (Å²) in [6.07, 6.45) is 5.11. The van der Waals surface area contributed by atoms with E-state index in [9.17, 15) is 9.59 Å². The van der Waals surface area contributed by atoms with Crippen LogP contribution in [-0.2, 0) is 11.2 Å². The largest absolute Gasteiger partial charge is 0.493 e. The Morgan fingerprint density at radius 1 is 1.24 bits per heavy atom. The zero-order chi connectivity index (χ0) is 18.2. The summed E-state index contributed by atoms with van der Waals surface area (Å²) in [6.45, 7) is 1.07. The highest BCUT2D eigenvalue weighted by Gasteiger charge is 2.24. The average molecular weight is 349 g/mol. The van der Waals surface area contributed by atoms with Crippen molar-refractivity contribution in [2.75, 3.05) is 27.3 Å². The Morgan fingerprint density at radius 3 is 2.68 bits per heavy atom. The molecule has 0 saturated carbocycles. The van der Waals surface area contributed by atoms with Crippen LogP contribution in [0.1, 0.15) is 31.2 Å². The number of methoxy groups -OCH3 is 2. The van der Waals surface area contributed by atoms with Gasteiger partial charge < -0.3 is 15.2 Å². The van der Waals surface area contributed by atoms with Gasteiger partial charge in [-0.15, -0.1) is 0 Å². The van der Waals surface area contributed by atoms with Crippen LogP contribution in [0.15, 0.2) is 18.2 Å². The Kier molecular flexibility index (Phi) is 7.06. The van der Waals surface area contributed by atoms with Gasteiger partial charge >= 0.3 is 6.03 Å². The molecular weight excluding hydrogens is 322 g/mol. The number of carbonyl (C=O) groups is 2. The van der Waals surface area contributed by atoms with Gasteiger partial charge in [0.25, 0.3) is 0 Å². The standard InChI is InChI=1S/C18H27N3O4/c1-24-15-9-7-13(11-16(15)25-2)6-8-14-5-3-4-10-21(14)12-17(22)20-18(19)23/h7,9,11,14H,3-6,8,10,12H2,1-2H3,(H3,19,20,22,23)/t14-/m0/s1. The number of piperidine rings is 1. The number of carbonyl (C=O) groups excluding carboxylic acids is 2. The lowest BCUT2D eigenvalue weighted by molar-refractivity contribution is -0.122. The van der Waals surface area contributed by atoms with E-state index in [1.165, 1.54) is 5.56 Å². The van der Waals surface area contributed by atoms with Gasteiger partial charge in [-0.05, 0) is 49.9 Å². The Labute approximate surface area is 148 Å². The van der Waals surface area contributed by atoms with Crippen molar-refractivity contribution >= 4 is 11.9 Å². The number of nitrogens with zero attached hydrogens (tertiary/aromatic N) is 1. The molecule has 1 aromatic rings. The van der Waals surface area contributed by atoms with E-state index >= 15 is 0 Å². The van der Waals surface area contributed by atoms with E-state index in [0.29, 0.717) is 11.8 Å². The number of rotatable bonds is 7. The Bertz CT molecular complexity index is 606. The van der Waals surface area contributed by atoms with E-state index in [0.717, 1.165) is 44.4 Å². The molecule has 0 aliphatic carbocycles. The Balaban J connectivity index is 1.95. The third-order valence-corrected chi connectivity index (χ3v) is 4.57. The zero-order valence-corrected chi connectivity index (χ0v) is 14.9. The van der Waals surface area contributed by atoms with Crippen LogP contribution in [0.3, 0.4) is 0 Å². The van der Waals surface area contributed by atoms with E-state index in [-0.39, 0.29) is 12.5 Å². The molecule has 1 aliphatic rings. The number of imide groups is 1. The Morgan fingerprint density at radius 2 is 2.00 bits per heavy atom. The molecule has 0 radical (unpaired) electrons. The number of amides is 3. The zero-order valence-electron chi connectivity index (χ0n) is 14.9. The van der Waals surface area contributed by atoms with Gasteiger partial charge in [0.05, 0.1) is 20.8 Å². The molecule has 0 aromatic heterocycles. The molecule has 7 heteroatoms. The summed E-state index contributed by atoms with van der Waals surface area (Å²) in [4.78, 5) is 24.8. The molecular formula is C18H27N3O4. The second kappa shape index (κ2) is 9.27. The summed E-state index contributed by atoms with van der Waals surface area (Å²) in [7, 11) is 3.25. The fourth-order valence-corrected chi connectivity index (χ4v) is 3.33. The van der Waals surface area contributed by atoms with Crippen molar-refractivity contribution < 1.29 is 19.1 Å². The first-order valence-corrected chi connectivity index (χ1v) is 8.57. The maximum absolute atomic E-state index is 11.8. The monoisotopic (exact) mass is 349 g/mol. The van der Waals surface area contributed by atoms with Crippen LogP contribution < -0.4 is 20.5 Å². The lowest BCUT2D eigenvalue weighted by atomic mass is 9.95. The van der Waals surface area contributed by atoms with E-state index < -0.39 is 6.03 Å². The highest BCUT2D eigenvalue weighted by Crippen LogP contribution is 2.29. The van der Waals surface area contributed by atoms with Gasteiger partial charge in [0.15, 0.2) is 11.5 Å². The van der Waals surface area contributed by atoms with Crippen molar-refractivity contribution in [1.82, 2.24) is 10.2 Å². The topological polar surface area (TPSA) is 93.9 Å². The van der Waals surface area contributed by atoms with Crippen molar-refractivity contribution in [3.8, 4) is 11.5 Å². The number of aryl methyl sites for hydroxylation is 1. The fourth-order valence-electron chi connectivity index (χ4n) is 3.33. The predicted molar refractivity (Wildman–Crippen MR) is 94.8 cm³/mol. The normalized spacial score (nSPS) is 17.8. The molecule has 0 bridgehead atoms. The number of primary amides is 1. The summed E-state index contributed by atoms with van der Waals surface area (Å²) in [5, 5.41) is 2.14. The first-order valence-electron chi connectivity index (χ1n) is 8.57. The number of hydrogen-bond acceptors (Lipinski definition) is 5. The van der Waals surface area contributed by atoms with Gasteiger partial charge in [0.1, 0.15) is 0 Å². The highest BCUT2D eigenvalue weighted by atomic mass is 16.5. The maximum Gasteiger partial charge on any atom is 0.318 e. The van der Waals surface area contributed by atoms with E-state index in [4.69, 9.17) is 15.2 Å². The van der Waals surface area contributed by atoms with Gasteiger partial charge in [-0.3, -0.25) is 15.0 Å². The third-order valence-electron chi connectivity index (χ3n) is 4.57. The lowest BCUT2D eigenvalue weighted by Gasteiger charge is -2.35. The molecule has 1 heterocycles. The molecule has 3 amide bonds. The van der Waals surface area contributed by atoms with Crippen molar-refractivity contribution in [3.63, 3.8) is 0 Å². The number of hydrogen-bond donors (Lipinski definition) is 2. The molecule has 1 saturated heterocycles. The molecule has 7 nitrogen and oxygen atoms in total. The molecule has 1 atom stereocenters. The van der Waals surface area contributed by atoms with Gasteiger partial charge in [-0.1, -0.05) is 12.5 Å². The van der Waals surface area contributed by atoms with E-state index in [1.807, 2.05) is 18.2 Å². The maximum atomic E-state index is 11.8. The molecule has 0 spiro atoms. The molecule has 1 fully saturated rings. The molecule has 138 valence electrons. The molecule has 1 aliphatic heterocycles. The van der Waals surface area contributed by atoms with Crippen LogP contribution >= 0.6 is 0 Å². The van der Waals surface area contributed by atoms with Crippen LogP contribution in [0.5, 0.6) is 11.5 Å². The minimum Gasteiger partial charge on any atom is -0.493 e. The second-order valence-electron chi connectivity index (χ2n) is 6.26. The Hall–Kier alpha value is -2.28. The molecule has 2 rings (SSSR count). The van der Waals surface area contributed by atoms with E-state index in [1.54, 1.807) is 14.2 Å². The van der Waals surface area contributed by atoms with Crippen molar-refractivity contribution in [2.24, 2.45) is 5.73 Å². The van der Waals surface area contributed by atoms with Crippen LogP contribution in [0, 0.1) is 0 Å². The summed E-state index contributed by atoms with van der Waals surface area (Å²) in [5.41, 5.74) is 6.18. The first-order chi connectivity index (χ1) is 12.0. The van der Waals surface area contributed by atoms with Gasteiger partial charge in [0.2, 0.25) is 5.91 Å². The summed E-state index contributed by atoms with van der Waals surface area (Å²) in [5.74, 6) is 1.10. The van der Waals surface area contributed by atoms with Crippen LogP contribution in [0.25, 0.3) is 0 Å². The fraction of sp³-hybridized carbons (Fsp3) is 0.556. The number of urea groups is 1. The minimum absolute atomic E-state index is 0.208. The molecule has 0 unspecified atom stereocenters. The first kappa shape index (κ1) is 19.1. The van der Waals surface area contributed by atoms with Crippen LogP contribution in [0.2, 0.25) is 0 Å². The van der Waals surface area contributed by atoms with Gasteiger partial charge in [0, 0.05) is 6.04 Å². The quantitative estimate of drug-likeness (QED) is 0.781. The minimum atomic E-state index is -0.802. The number of nitrogens with one attached hydrogen (secondary N) is 1. The lowest BCUT2D eigenvalue weighted by Crippen LogP contribution is -2.47.